The summed E-state index contributed by atoms with van der Waals surface area (Å²) in [7, 11) is 0. The second-order valence-electron chi connectivity index (χ2n) is 6.41. The molecular formula is C19H23N5OS. The zero-order valence-corrected chi connectivity index (χ0v) is 15.1. The van der Waals surface area contributed by atoms with Crippen LogP contribution in [-0.4, -0.2) is 22.5 Å². The van der Waals surface area contributed by atoms with E-state index in [4.69, 9.17) is 11.6 Å². The Morgan fingerprint density at radius 3 is 2.73 bits per heavy atom. The molecule has 1 aliphatic carbocycles. The minimum absolute atomic E-state index is 0. The molecule has 0 spiro atoms. The molecule has 1 aliphatic rings. The van der Waals surface area contributed by atoms with Gasteiger partial charge in [0.1, 0.15) is 5.54 Å². The number of hydrogen-bond donors (Lipinski definition) is 3. The summed E-state index contributed by atoms with van der Waals surface area (Å²) < 4.78 is 0. The average Bonchev–Trinajstić information content (AvgIpc) is 3.26. The quantitative estimate of drug-likeness (QED) is 0.513. The van der Waals surface area contributed by atoms with E-state index < -0.39 is 11.6 Å². The third-order valence-corrected chi connectivity index (χ3v) is 5.17. The van der Waals surface area contributed by atoms with Crippen LogP contribution in [0.15, 0.2) is 59.1 Å². The van der Waals surface area contributed by atoms with Crippen molar-refractivity contribution in [3.63, 3.8) is 0 Å². The number of carbonyl (C=O) groups excluding carboxylic acids is 1. The Bertz CT molecular complexity index is 828. The van der Waals surface area contributed by atoms with Gasteiger partial charge in [0.15, 0.2) is 0 Å². The molecule has 1 heterocycles. The molecule has 0 saturated heterocycles. The lowest BCUT2D eigenvalue weighted by molar-refractivity contribution is 0.0942. The third-order valence-electron chi connectivity index (χ3n) is 4.49. The predicted molar refractivity (Wildman–Crippen MR) is 104 cm³/mol. The Labute approximate surface area is 158 Å². The maximum Gasteiger partial charge on any atom is 0.252 e. The molecule has 1 fully saturated rings. The first-order valence-electron chi connectivity index (χ1n) is 8.33. The van der Waals surface area contributed by atoms with Gasteiger partial charge in [-0.05, 0) is 36.3 Å². The second-order valence-corrected chi connectivity index (χ2v) is 7.19. The maximum absolute atomic E-state index is 12.5. The van der Waals surface area contributed by atoms with Crippen molar-refractivity contribution in [1.82, 2.24) is 10.3 Å². The van der Waals surface area contributed by atoms with Crippen LogP contribution in [-0.2, 0) is 6.42 Å². The highest BCUT2D eigenvalue weighted by Gasteiger charge is 2.47. The zero-order chi connectivity index (χ0) is 18.6. The SMILES string of the molecule is N#CC1(N(N)/C=C(\N)[C@H](Cc2ccccc2)NC(=O)c2ccsc2)CC1.[HH]. The molecule has 1 aromatic carbocycles. The first-order chi connectivity index (χ1) is 12.5. The highest BCUT2D eigenvalue weighted by Crippen LogP contribution is 2.39. The van der Waals surface area contributed by atoms with E-state index >= 15 is 0 Å². The largest absolute Gasteiger partial charge is 0.399 e. The van der Waals surface area contributed by atoms with Crippen LogP contribution in [0.3, 0.4) is 0 Å². The van der Waals surface area contributed by atoms with Crippen LogP contribution in [0.4, 0.5) is 0 Å². The predicted octanol–water partition coefficient (Wildman–Crippen LogP) is 2.37. The van der Waals surface area contributed by atoms with Gasteiger partial charge in [-0.15, -0.1) is 0 Å². The van der Waals surface area contributed by atoms with Gasteiger partial charge in [-0.25, -0.2) is 5.84 Å². The standard InChI is InChI=1S/C19H21N5OS.H2/c20-13-19(7-8-19)24(22)11-16(21)17(10-14-4-2-1-3-5-14)23-18(25)15-6-9-26-12-15;/h1-6,9,11-12,17H,7-8,10,21-22H2,(H,23,25);1H/b16-11-;/t17-;/m0./s1. The molecule has 0 unspecified atom stereocenters. The average molecular weight is 369 g/mol. The summed E-state index contributed by atoms with van der Waals surface area (Å²) in [6.07, 6.45) is 3.53. The van der Waals surface area contributed by atoms with Gasteiger partial charge in [0.2, 0.25) is 0 Å². The fourth-order valence-electron chi connectivity index (χ4n) is 2.66. The van der Waals surface area contributed by atoms with Crippen molar-refractivity contribution in [2.24, 2.45) is 11.6 Å². The number of thiophene rings is 1. The van der Waals surface area contributed by atoms with E-state index in [1.54, 1.807) is 17.6 Å². The number of nitrogens with two attached hydrogens (primary N) is 2. The zero-order valence-electron chi connectivity index (χ0n) is 14.3. The highest BCUT2D eigenvalue weighted by atomic mass is 32.1. The molecule has 1 amide bonds. The molecule has 1 atom stereocenters. The second kappa shape index (κ2) is 7.60. The summed E-state index contributed by atoms with van der Waals surface area (Å²) in [5, 5.41) is 17.3. The van der Waals surface area contributed by atoms with Gasteiger partial charge in [-0.2, -0.15) is 16.6 Å². The summed E-state index contributed by atoms with van der Waals surface area (Å²) in [6.45, 7) is 0. The third kappa shape index (κ3) is 4.04. The summed E-state index contributed by atoms with van der Waals surface area (Å²) >= 11 is 1.46. The smallest absolute Gasteiger partial charge is 0.252 e. The monoisotopic (exact) mass is 369 g/mol. The first-order valence-corrected chi connectivity index (χ1v) is 9.28. The number of nitriles is 1. The molecule has 3 rings (SSSR count). The molecule has 0 aliphatic heterocycles. The maximum atomic E-state index is 12.5. The fourth-order valence-corrected chi connectivity index (χ4v) is 3.29. The Hall–Kier alpha value is -2.82. The minimum atomic E-state index is -0.667. The van der Waals surface area contributed by atoms with E-state index in [1.807, 2.05) is 35.7 Å². The van der Waals surface area contributed by atoms with Crippen molar-refractivity contribution < 1.29 is 6.22 Å². The van der Waals surface area contributed by atoms with E-state index in [0.29, 0.717) is 30.5 Å². The molecule has 7 heteroatoms. The minimum Gasteiger partial charge on any atom is -0.399 e. The van der Waals surface area contributed by atoms with Crippen LogP contribution in [0, 0.1) is 11.3 Å². The number of carbonyl (C=O) groups is 1. The van der Waals surface area contributed by atoms with Crippen molar-refractivity contribution in [3.05, 3.63) is 70.2 Å². The number of rotatable bonds is 7. The molecule has 5 N–H and O–H groups in total. The highest BCUT2D eigenvalue weighted by molar-refractivity contribution is 7.08. The van der Waals surface area contributed by atoms with Crippen LogP contribution in [0.25, 0.3) is 0 Å². The molecule has 1 aromatic heterocycles. The van der Waals surface area contributed by atoms with Gasteiger partial charge in [-0.1, -0.05) is 30.3 Å². The van der Waals surface area contributed by atoms with Crippen LogP contribution in [0.1, 0.15) is 30.2 Å². The molecule has 0 radical (unpaired) electrons. The molecular weight excluding hydrogens is 346 g/mol. The summed E-state index contributed by atoms with van der Waals surface area (Å²) in [5.74, 6) is 5.84. The number of amides is 1. The van der Waals surface area contributed by atoms with Crippen molar-refractivity contribution in [2.75, 3.05) is 0 Å². The molecule has 136 valence electrons. The lowest BCUT2D eigenvalue weighted by Gasteiger charge is -2.24. The van der Waals surface area contributed by atoms with Gasteiger partial charge in [0.05, 0.1) is 17.7 Å². The molecule has 2 aromatic rings. The molecule has 6 nitrogen and oxygen atoms in total. The van der Waals surface area contributed by atoms with E-state index in [0.717, 1.165) is 5.56 Å². The summed E-state index contributed by atoms with van der Waals surface area (Å²) in [4.78, 5) is 12.5. The number of hydrazine groups is 1. The van der Waals surface area contributed by atoms with E-state index in [9.17, 15) is 10.1 Å². The molecule has 0 bridgehead atoms. The van der Waals surface area contributed by atoms with Crippen LogP contribution < -0.4 is 16.9 Å². The van der Waals surface area contributed by atoms with Crippen molar-refractivity contribution >= 4 is 17.2 Å². The first kappa shape index (κ1) is 18.0. The van der Waals surface area contributed by atoms with Crippen molar-refractivity contribution in [2.45, 2.75) is 30.8 Å². The topological polar surface area (TPSA) is 108 Å². The Kier molecular flexibility index (Phi) is 5.26. The Morgan fingerprint density at radius 2 is 2.15 bits per heavy atom. The number of benzene rings is 1. The Balaban J connectivity index is 0.00000261. The van der Waals surface area contributed by atoms with Gasteiger partial charge < -0.3 is 11.1 Å². The van der Waals surface area contributed by atoms with Crippen molar-refractivity contribution in [3.8, 4) is 6.07 Å². The molecule has 26 heavy (non-hydrogen) atoms. The van der Waals surface area contributed by atoms with E-state index in [-0.39, 0.29) is 7.33 Å². The number of nitrogens with one attached hydrogen (secondary N) is 1. The van der Waals surface area contributed by atoms with E-state index in [2.05, 4.69) is 11.4 Å². The summed E-state index contributed by atoms with van der Waals surface area (Å²) in [5.41, 5.74) is 7.66. The van der Waals surface area contributed by atoms with E-state index in [1.165, 1.54) is 16.3 Å². The lowest BCUT2D eigenvalue weighted by atomic mass is 10.0. The van der Waals surface area contributed by atoms with Crippen LogP contribution >= 0.6 is 11.3 Å². The lowest BCUT2D eigenvalue weighted by Crippen LogP contribution is -2.43. The normalized spacial score (nSPS) is 16.4. The van der Waals surface area contributed by atoms with Crippen LogP contribution in [0.5, 0.6) is 0 Å². The van der Waals surface area contributed by atoms with Crippen LogP contribution in [0.2, 0.25) is 0 Å². The number of nitrogens with zero attached hydrogens (tertiary/aromatic N) is 2. The number of hydrogen-bond acceptors (Lipinski definition) is 6. The molecule has 1 saturated carbocycles. The van der Waals surface area contributed by atoms with Gasteiger partial charge >= 0.3 is 0 Å². The van der Waals surface area contributed by atoms with Gasteiger partial charge in [0.25, 0.3) is 5.91 Å². The van der Waals surface area contributed by atoms with Gasteiger partial charge in [-0.3, -0.25) is 9.80 Å². The summed E-state index contributed by atoms with van der Waals surface area (Å²) in [6, 6.07) is 13.3. The van der Waals surface area contributed by atoms with Crippen molar-refractivity contribution in [1.29, 1.82) is 5.26 Å². The van der Waals surface area contributed by atoms with Gasteiger partial charge in [0, 0.05) is 18.7 Å². The fraction of sp³-hybridized carbons (Fsp3) is 0.263. The Morgan fingerprint density at radius 1 is 1.42 bits per heavy atom.